The average Bonchev–Trinajstić information content (AvgIpc) is 2.72. The van der Waals surface area contributed by atoms with Gasteiger partial charge in [-0.1, -0.05) is 0 Å². The highest BCUT2D eigenvalue weighted by atomic mass is 16.5. The lowest BCUT2D eigenvalue weighted by molar-refractivity contribution is 0.337. The van der Waals surface area contributed by atoms with Crippen LogP contribution in [0.3, 0.4) is 0 Å². The molecule has 2 heterocycles. The van der Waals surface area contributed by atoms with E-state index in [0.717, 1.165) is 38.3 Å². The van der Waals surface area contributed by atoms with Crippen molar-refractivity contribution in [3.05, 3.63) is 30.1 Å². The molecule has 0 aromatic carbocycles. The van der Waals surface area contributed by atoms with Crippen molar-refractivity contribution in [3.8, 4) is 0 Å². The summed E-state index contributed by atoms with van der Waals surface area (Å²) >= 11 is 0. The van der Waals surface area contributed by atoms with Gasteiger partial charge in [-0.05, 0) is 30.5 Å². The van der Waals surface area contributed by atoms with Gasteiger partial charge in [0.05, 0.1) is 6.54 Å². The van der Waals surface area contributed by atoms with E-state index in [4.69, 9.17) is 4.74 Å². The highest BCUT2D eigenvalue weighted by molar-refractivity contribution is 5.77. The lowest BCUT2D eigenvalue weighted by atomic mass is 10.1. The summed E-state index contributed by atoms with van der Waals surface area (Å²) in [5.41, 5.74) is 1.33. The minimum atomic E-state index is 0.768. The quantitative estimate of drug-likeness (QED) is 0.726. The first-order valence-corrected chi connectivity index (χ1v) is 5.00. The molecule has 74 valence electrons. The van der Waals surface area contributed by atoms with Crippen molar-refractivity contribution in [2.45, 2.75) is 19.3 Å². The van der Waals surface area contributed by atoms with Gasteiger partial charge in [-0.2, -0.15) is 0 Å². The van der Waals surface area contributed by atoms with Gasteiger partial charge >= 0.3 is 0 Å². The molecular weight excluding hydrogens is 176 g/mol. The van der Waals surface area contributed by atoms with Crippen LogP contribution in [0.25, 0.3) is 0 Å². The van der Waals surface area contributed by atoms with E-state index >= 15 is 0 Å². The van der Waals surface area contributed by atoms with Crippen LogP contribution in [0.1, 0.15) is 18.4 Å². The summed E-state index contributed by atoms with van der Waals surface area (Å²) in [5.74, 6) is 0.930. The first kappa shape index (κ1) is 9.19. The molecule has 14 heavy (non-hydrogen) atoms. The third kappa shape index (κ3) is 2.55. The molecular formula is C11H14N2O. The van der Waals surface area contributed by atoms with Crippen LogP contribution >= 0.6 is 0 Å². The van der Waals surface area contributed by atoms with Gasteiger partial charge in [-0.15, -0.1) is 0 Å². The second kappa shape index (κ2) is 4.74. The van der Waals surface area contributed by atoms with E-state index in [1.54, 1.807) is 0 Å². The molecule has 1 aliphatic rings. The summed E-state index contributed by atoms with van der Waals surface area (Å²) in [7, 11) is 0. The minimum absolute atomic E-state index is 0.768. The van der Waals surface area contributed by atoms with Gasteiger partial charge in [0.2, 0.25) is 0 Å². The van der Waals surface area contributed by atoms with Gasteiger partial charge in [-0.25, -0.2) is 0 Å². The molecule has 0 amide bonds. The first-order valence-electron chi connectivity index (χ1n) is 5.00. The number of hydrogen-bond donors (Lipinski definition) is 0. The summed E-state index contributed by atoms with van der Waals surface area (Å²) in [5, 5.41) is 0. The van der Waals surface area contributed by atoms with Gasteiger partial charge in [0.1, 0.15) is 6.61 Å². The van der Waals surface area contributed by atoms with Gasteiger partial charge in [0.15, 0.2) is 5.90 Å². The Hall–Kier alpha value is -1.38. The molecule has 0 saturated heterocycles. The summed E-state index contributed by atoms with van der Waals surface area (Å²) in [6.45, 7) is 1.61. The molecule has 0 unspecified atom stereocenters. The fourth-order valence-electron chi connectivity index (χ4n) is 1.52. The number of pyridine rings is 1. The smallest absolute Gasteiger partial charge is 0.183 e. The Morgan fingerprint density at radius 1 is 1.21 bits per heavy atom. The third-order valence-corrected chi connectivity index (χ3v) is 2.25. The lowest BCUT2D eigenvalue weighted by Crippen LogP contribution is -1.99. The van der Waals surface area contributed by atoms with Gasteiger partial charge in [0, 0.05) is 18.8 Å². The number of ether oxygens (including phenoxy) is 1. The van der Waals surface area contributed by atoms with Crippen LogP contribution in [0.15, 0.2) is 29.5 Å². The van der Waals surface area contributed by atoms with E-state index in [1.807, 2.05) is 12.4 Å². The molecule has 1 aromatic heterocycles. The molecule has 0 radical (unpaired) electrons. The van der Waals surface area contributed by atoms with Gasteiger partial charge < -0.3 is 4.74 Å². The largest absolute Gasteiger partial charge is 0.479 e. The predicted octanol–water partition coefficient (Wildman–Crippen LogP) is 1.83. The zero-order valence-corrected chi connectivity index (χ0v) is 8.15. The Labute approximate surface area is 83.8 Å². The van der Waals surface area contributed by atoms with Crippen molar-refractivity contribution in [3.63, 3.8) is 0 Å². The zero-order chi connectivity index (χ0) is 9.64. The zero-order valence-electron chi connectivity index (χ0n) is 8.15. The average molecular weight is 190 g/mol. The second-order valence-electron chi connectivity index (χ2n) is 3.33. The molecule has 0 N–H and O–H groups in total. The molecule has 3 heteroatoms. The van der Waals surface area contributed by atoms with Crippen molar-refractivity contribution < 1.29 is 4.74 Å². The Kier molecular flexibility index (Phi) is 3.11. The molecule has 2 rings (SSSR count). The lowest BCUT2D eigenvalue weighted by Gasteiger charge is -2.01. The Balaban J connectivity index is 1.73. The standard InChI is InChI=1S/C11H14N2O/c1(3-11-13-8-9-14-11)2-10-4-6-12-7-5-10/h4-7H,1-3,8-9H2. The number of aliphatic imine (C=N–C) groups is 1. The Bertz CT molecular complexity index is 308. The van der Waals surface area contributed by atoms with Crippen LogP contribution in [-0.2, 0) is 11.2 Å². The molecule has 0 spiro atoms. The van der Waals surface area contributed by atoms with Crippen molar-refractivity contribution in [1.82, 2.24) is 4.98 Å². The fourth-order valence-corrected chi connectivity index (χ4v) is 1.52. The van der Waals surface area contributed by atoms with Crippen LogP contribution in [-0.4, -0.2) is 24.0 Å². The maximum Gasteiger partial charge on any atom is 0.183 e. The maximum atomic E-state index is 5.33. The molecule has 1 aliphatic heterocycles. The van der Waals surface area contributed by atoms with Gasteiger partial charge in [-0.3, -0.25) is 9.98 Å². The van der Waals surface area contributed by atoms with E-state index in [2.05, 4.69) is 22.1 Å². The minimum Gasteiger partial charge on any atom is -0.479 e. The predicted molar refractivity (Wildman–Crippen MR) is 55.4 cm³/mol. The monoisotopic (exact) mass is 190 g/mol. The highest BCUT2D eigenvalue weighted by Gasteiger charge is 2.05. The van der Waals surface area contributed by atoms with Crippen LogP contribution in [0.5, 0.6) is 0 Å². The number of rotatable bonds is 4. The van der Waals surface area contributed by atoms with Crippen LogP contribution < -0.4 is 0 Å². The number of aryl methyl sites for hydroxylation is 1. The second-order valence-corrected chi connectivity index (χ2v) is 3.33. The van der Waals surface area contributed by atoms with Gasteiger partial charge in [0.25, 0.3) is 0 Å². The number of aromatic nitrogens is 1. The van der Waals surface area contributed by atoms with E-state index < -0.39 is 0 Å². The molecule has 1 aromatic rings. The highest BCUT2D eigenvalue weighted by Crippen LogP contribution is 2.07. The molecule has 3 nitrogen and oxygen atoms in total. The van der Waals surface area contributed by atoms with Crippen molar-refractivity contribution in [2.75, 3.05) is 13.2 Å². The molecule has 0 bridgehead atoms. The normalized spacial score (nSPS) is 15.0. The molecule has 0 fully saturated rings. The molecule has 0 atom stereocenters. The van der Waals surface area contributed by atoms with E-state index in [1.165, 1.54) is 5.56 Å². The van der Waals surface area contributed by atoms with Crippen molar-refractivity contribution in [1.29, 1.82) is 0 Å². The van der Waals surface area contributed by atoms with E-state index in [0.29, 0.717) is 0 Å². The summed E-state index contributed by atoms with van der Waals surface area (Å²) < 4.78 is 5.33. The molecule has 0 aliphatic carbocycles. The first-order chi connectivity index (χ1) is 6.95. The third-order valence-electron chi connectivity index (χ3n) is 2.25. The number of hydrogen-bond acceptors (Lipinski definition) is 3. The topological polar surface area (TPSA) is 34.5 Å². The fraction of sp³-hybridized carbons (Fsp3) is 0.455. The summed E-state index contributed by atoms with van der Waals surface area (Å²) in [4.78, 5) is 8.23. The maximum absolute atomic E-state index is 5.33. The van der Waals surface area contributed by atoms with Crippen LogP contribution in [0, 0.1) is 0 Å². The SMILES string of the molecule is c1cc(CCCC2=NCCO2)ccn1. The van der Waals surface area contributed by atoms with E-state index in [9.17, 15) is 0 Å². The van der Waals surface area contributed by atoms with Crippen molar-refractivity contribution in [2.24, 2.45) is 4.99 Å². The van der Waals surface area contributed by atoms with E-state index in [-0.39, 0.29) is 0 Å². The van der Waals surface area contributed by atoms with Crippen LogP contribution in [0.4, 0.5) is 0 Å². The summed E-state index contributed by atoms with van der Waals surface area (Å²) in [6.07, 6.45) is 6.80. The number of nitrogens with zero attached hydrogens (tertiary/aromatic N) is 2. The van der Waals surface area contributed by atoms with Crippen molar-refractivity contribution >= 4 is 5.90 Å². The molecule has 0 saturated carbocycles. The Morgan fingerprint density at radius 3 is 2.79 bits per heavy atom. The Morgan fingerprint density at radius 2 is 2.07 bits per heavy atom. The van der Waals surface area contributed by atoms with Crippen LogP contribution in [0.2, 0.25) is 0 Å². The summed E-state index contributed by atoms with van der Waals surface area (Å²) in [6, 6.07) is 4.11.